The number of aliphatic hydroxyl groups excluding tert-OH is 1. The molecule has 0 amide bonds. The van der Waals surface area contributed by atoms with Crippen molar-refractivity contribution < 1.29 is 19.0 Å². The molecule has 2 aromatic rings. The zero-order valence-corrected chi connectivity index (χ0v) is 12.4. The zero-order chi connectivity index (χ0) is 15.0. The van der Waals surface area contributed by atoms with E-state index in [1.165, 1.54) is 0 Å². The van der Waals surface area contributed by atoms with Gasteiger partial charge in [0.05, 0.1) is 17.9 Å². The van der Waals surface area contributed by atoms with Gasteiger partial charge >= 0.3 is 0 Å². The second-order valence-electron chi connectivity index (χ2n) is 5.90. The molecule has 1 aliphatic rings. The maximum absolute atomic E-state index is 10.4. The molecule has 5 heteroatoms. The minimum atomic E-state index is -0.605. The highest BCUT2D eigenvalue weighted by atomic mass is 16.5. The first-order valence-corrected chi connectivity index (χ1v) is 6.99. The van der Waals surface area contributed by atoms with Gasteiger partial charge in [-0.2, -0.15) is 0 Å². The molecule has 1 N–H and O–H groups in total. The molecule has 21 heavy (non-hydrogen) atoms. The Bertz CT molecular complexity index is 647. The van der Waals surface area contributed by atoms with Crippen molar-refractivity contribution >= 4 is 0 Å². The van der Waals surface area contributed by atoms with E-state index in [9.17, 15) is 5.11 Å². The monoisotopic (exact) mass is 289 g/mol. The van der Waals surface area contributed by atoms with Crippen LogP contribution in [0.1, 0.15) is 43.6 Å². The molecular formula is C16H19NO4. The number of fused-ring (bicyclic) bond motifs is 1. The van der Waals surface area contributed by atoms with Crippen LogP contribution in [-0.2, 0) is 6.61 Å². The van der Waals surface area contributed by atoms with Crippen molar-refractivity contribution in [1.82, 2.24) is 4.98 Å². The minimum absolute atomic E-state index is 0.223. The molecule has 0 bridgehead atoms. The first kappa shape index (κ1) is 13.9. The highest BCUT2D eigenvalue weighted by molar-refractivity contribution is 5.48. The van der Waals surface area contributed by atoms with Crippen LogP contribution in [0.4, 0.5) is 0 Å². The highest BCUT2D eigenvalue weighted by Crippen LogP contribution is 2.44. The maximum Gasteiger partial charge on any atom is 0.232 e. The molecule has 0 aliphatic carbocycles. The molecule has 1 aromatic heterocycles. The number of aromatic nitrogens is 1. The number of hydrogen-bond acceptors (Lipinski definition) is 5. The Morgan fingerprint density at radius 1 is 1.43 bits per heavy atom. The number of ether oxygens (including phenoxy) is 2. The predicted octanol–water partition coefficient (Wildman–Crippen LogP) is 3.16. The largest absolute Gasteiger partial charge is 0.487 e. The molecule has 2 heterocycles. The summed E-state index contributed by atoms with van der Waals surface area (Å²) in [6.45, 7) is 5.98. The Hall–Kier alpha value is -2.01. The quantitative estimate of drug-likeness (QED) is 0.940. The average Bonchev–Trinajstić information content (AvgIpc) is 2.80. The first-order valence-electron chi connectivity index (χ1n) is 6.99. The van der Waals surface area contributed by atoms with E-state index in [2.05, 4.69) is 4.98 Å². The Kier molecular flexibility index (Phi) is 3.37. The summed E-state index contributed by atoms with van der Waals surface area (Å²) in [4.78, 5) is 4.10. The van der Waals surface area contributed by atoms with Gasteiger partial charge in [-0.05, 0) is 32.9 Å². The van der Waals surface area contributed by atoms with Gasteiger partial charge in [-0.3, -0.25) is 0 Å². The highest BCUT2D eigenvalue weighted by Gasteiger charge is 2.34. The second-order valence-corrected chi connectivity index (χ2v) is 5.90. The molecule has 1 aromatic carbocycles. The van der Waals surface area contributed by atoms with Gasteiger partial charge in [-0.1, -0.05) is 6.07 Å². The number of oxazole rings is 1. The van der Waals surface area contributed by atoms with Crippen molar-refractivity contribution in [1.29, 1.82) is 0 Å². The molecule has 5 nitrogen and oxygen atoms in total. The predicted molar refractivity (Wildman–Crippen MR) is 76.3 cm³/mol. The van der Waals surface area contributed by atoms with Crippen LogP contribution in [0.25, 0.3) is 0 Å². The number of hydrogen-bond donors (Lipinski definition) is 1. The Morgan fingerprint density at radius 2 is 2.24 bits per heavy atom. The second kappa shape index (κ2) is 5.07. The third-order valence-corrected chi connectivity index (χ3v) is 3.45. The number of rotatable bonds is 3. The average molecular weight is 289 g/mol. The van der Waals surface area contributed by atoms with Gasteiger partial charge < -0.3 is 19.0 Å². The molecule has 0 spiro atoms. The van der Waals surface area contributed by atoms with E-state index in [-0.39, 0.29) is 12.2 Å². The van der Waals surface area contributed by atoms with E-state index >= 15 is 0 Å². The van der Waals surface area contributed by atoms with Crippen LogP contribution < -0.4 is 9.47 Å². The topological polar surface area (TPSA) is 64.7 Å². The molecule has 0 saturated carbocycles. The summed E-state index contributed by atoms with van der Waals surface area (Å²) in [5, 5.41) is 10.4. The normalized spacial score (nSPS) is 19.7. The fourth-order valence-electron chi connectivity index (χ4n) is 2.58. The summed E-state index contributed by atoms with van der Waals surface area (Å²) in [7, 11) is 0. The van der Waals surface area contributed by atoms with E-state index in [1.54, 1.807) is 6.20 Å². The lowest BCUT2D eigenvalue weighted by Crippen LogP contribution is -2.35. The third kappa shape index (κ3) is 2.88. The molecule has 3 rings (SSSR count). The van der Waals surface area contributed by atoms with Crippen LogP contribution in [0.3, 0.4) is 0 Å². The van der Waals surface area contributed by atoms with Crippen molar-refractivity contribution in [3.63, 3.8) is 0 Å². The van der Waals surface area contributed by atoms with Crippen molar-refractivity contribution in [3.05, 3.63) is 41.6 Å². The van der Waals surface area contributed by atoms with Gasteiger partial charge in [0, 0.05) is 6.42 Å². The lowest BCUT2D eigenvalue weighted by Gasteiger charge is -2.36. The van der Waals surface area contributed by atoms with Crippen molar-refractivity contribution in [2.45, 2.75) is 45.5 Å². The van der Waals surface area contributed by atoms with Crippen LogP contribution >= 0.6 is 0 Å². The summed E-state index contributed by atoms with van der Waals surface area (Å²) in [5.41, 5.74) is 0.310. The third-order valence-electron chi connectivity index (χ3n) is 3.45. The van der Waals surface area contributed by atoms with E-state index in [0.717, 1.165) is 5.76 Å². The van der Waals surface area contributed by atoms with Crippen LogP contribution in [0.2, 0.25) is 0 Å². The summed E-state index contributed by atoms with van der Waals surface area (Å²) < 4.78 is 17.0. The van der Waals surface area contributed by atoms with Crippen LogP contribution in [-0.4, -0.2) is 15.7 Å². The first-order chi connectivity index (χ1) is 9.94. The molecule has 0 radical (unpaired) electrons. The molecular weight excluding hydrogens is 270 g/mol. The smallest absolute Gasteiger partial charge is 0.232 e. The van der Waals surface area contributed by atoms with Crippen LogP contribution in [0.15, 0.2) is 28.8 Å². The molecule has 1 unspecified atom stereocenters. The Balaban J connectivity index is 1.84. The van der Waals surface area contributed by atoms with Gasteiger partial charge in [-0.15, -0.1) is 0 Å². The zero-order valence-electron chi connectivity index (χ0n) is 12.4. The minimum Gasteiger partial charge on any atom is -0.487 e. The van der Waals surface area contributed by atoms with E-state index in [1.807, 2.05) is 39.0 Å². The Labute approximate surface area is 123 Å². The summed E-state index contributed by atoms with van der Waals surface area (Å²) in [5.74, 6) is 2.52. The summed E-state index contributed by atoms with van der Waals surface area (Å²) >= 11 is 0. The van der Waals surface area contributed by atoms with E-state index in [0.29, 0.717) is 29.4 Å². The number of nitrogens with zero attached hydrogens (tertiary/aromatic N) is 1. The SMILES string of the molecule is Cc1cnc(COc2cccc3c2C(O)CC(C)(C)O3)o1. The van der Waals surface area contributed by atoms with E-state index in [4.69, 9.17) is 13.9 Å². The molecule has 0 fully saturated rings. The standard InChI is InChI=1S/C16H19NO4/c1-10-8-17-14(20-10)9-19-12-5-4-6-13-15(12)11(18)7-16(2,3)21-13/h4-6,8,11,18H,7,9H2,1-3H3. The summed E-state index contributed by atoms with van der Waals surface area (Å²) in [6.07, 6.45) is 1.57. The number of aliphatic hydroxyl groups is 1. The van der Waals surface area contributed by atoms with Crippen molar-refractivity contribution in [2.24, 2.45) is 0 Å². The van der Waals surface area contributed by atoms with Gasteiger partial charge in [0.2, 0.25) is 5.89 Å². The van der Waals surface area contributed by atoms with Gasteiger partial charge in [0.25, 0.3) is 0 Å². The Morgan fingerprint density at radius 3 is 2.95 bits per heavy atom. The number of aryl methyl sites for hydroxylation is 1. The van der Waals surface area contributed by atoms with Gasteiger partial charge in [-0.25, -0.2) is 4.98 Å². The lowest BCUT2D eigenvalue weighted by molar-refractivity contribution is 0.00934. The molecule has 1 atom stereocenters. The summed E-state index contributed by atoms with van der Waals surface area (Å²) in [6, 6.07) is 5.52. The molecule has 0 saturated heterocycles. The number of benzene rings is 1. The molecule has 112 valence electrons. The van der Waals surface area contributed by atoms with Crippen molar-refractivity contribution in [2.75, 3.05) is 0 Å². The van der Waals surface area contributed by atoms with Gasteiger partial charge in [0.15, 0.2) is 6.61 Å². The fourth-order valence-corrected chi connectivity index (χ4v) is 2.58. The van der Waals surface area contributed by atoms with Crippen LogP contribution in [0.5, 0.6) is 11.5 Å². The van der Waals surface area contributed by atoms with Crippen LogP contribution in [0, 0.1) is 6.92 Å². The maximum atomic E-state index is 10.4. The van der Waals surface area contributed by atoms with Gasteiger partial charge in [0.1, 0.15) is 22.9 Å². The van der Waals surface area contributed by atoms with Crippen molar-refractivity contribution in [3.8, 4) is 11.5 Å². The molecule has 1 aliphatic heterocycles. The van der Waals surface area contributed by atoms with E-state index < -0.39 is 6.10 Å². The lowest BCUT2D eigenvalue weighted by atomic mass is 9.91. The fraction of sp³-hybridized carbons (Fsp3) is 0.438.